The number of aromatic nitrogens is 4. The summed E-state index contributed by atoms with van der Waals surface area (Å²) in [6, 6.07) is 2.99. The number of nitrogens with zero attached hydrogens (tertiary/aromatic N) is 5. The monoisotopic (exact) mass is 597 g/mol. The van der Waals surface area contributed by atoms with Crippen molar-refractivity contribution < 1.29 is 36.6 Å². The first-order valence-electron chi connectivity index (χ1n) is 12.4. The highest BCUT2D eigenvalue weighted by atomic mass is 32.1. The lowest BCUT2D eigenvalue weighted by Gasteiger charge is -2.35. The topological polar surface area (TPSA) is 131 Å². The molecule has 0 spiro atoms. The Hall–Kier alpha value is -4.08. The number of anilines is 3. The number of amides is 2. The van der Waals surface area contributed by atoms with Crippen LogP contribution in [0, 0.1) is 6.92 Å². The summed E-state index contributed by atoms with van der Waals surface area (Å²) < 4.78 is 68.1. The highest BCUT2D eigenvalue weighted by Crippen LogP contribution is 2.30. The fourth-order valence-electron chi connectivity index (χ4n) is 3.76. The van der Waals surface area contributed by atoms with Gasteiger partial charge in [0.05, 0.1) is 42.1 Å². The molecule has 1 aliphatic rings. The minimum Gasteiger partial charge on any atom is -0.471 e. The molecule has 41 heavy (non-hydrogen) atoms. The SMILES string of the molecule is Cc1nsc(Nc2cnc(C(F)(F)F)cn2)c1C(=O)Nc1ccc(OC2CCN(C(=O)OC(C)(C)C)CC2F)nc1. The minimum absolute atomic E-state index is 0.00182. The van der Waals surface area contributed by atoms with E-state index < -0.39 is 41.7 Å². The molecule has 2 amide bonds. The maximum Gasteiger partial charge on any atom is 0.434 e. The number of nitrogens with one attached hydrogen (secondary N) is 2. The molecule has 2 N–H and O–H groups in total. The van der Waals surface area contributed by atoms with Gasteiger partial charge >= 0.3 is 12.3 Å². The van der Waals surface area contributed by atoms with Gasteiger partial charge in [0.1, 0.15) is 22.5 Å². The predicted octanol–water partition coefficient (Wildman–Crippen LogP) is 5.38. The summed E-state index contributed by atoms with van der Waals surface area (Å²) in [5, 5.41) is 5.70. The number of alkyl halides is 4. The van der Waals surface area contributed by atoms with Crippen LogP contribution in [0.25, 0.3) is 0 Å². The van der Waals surface area contributed by atoms with Crippen LogP contribution in [0.4, 0.5) is 38.9 Å². The van der Waals surface area contributed by atoms with Crippen LogP contribution in [0.5, 0.6) is 5.88 Å². The zero-order chi connectivity index (χ0) is 29.9. The molecule has 16 heteroatoms. The summed E-state index contributed by atoms with van der Waals surface area (Å²) in [5.41, 5.74) is -0.975. The van der Waals surface area contributed by atoms with E-state index in [9.17, 15) is 27.2 Å². The Morgan fingerprint density at radius 2 is 1.85 bits per heavy atom. The summed E-state index contributed by atoms with van der Waals surface area (Å²) >= 11 is 0.931. The molecule has 2 unspecified atom stereocenters. The molecule has 1 fully saturated rings. The summed E-state index contributed by atoms with van der Waals surface area (Å²) in [4.78, 5) is 37.7. The first kappa shape index (κ1) is 29.9. The number of likely N-dealkylation sites (tertiary alicyclic amines) is 1. The standard InChI is InChI=1S/C25H27F4N7O4S/c1-13-20(22(41-35-13)34-18-11-30-17(10-31-18)25(27,28)29)21(37)33-14-5-6-19(32-9-14)39-16-7-8-36(12-15(16)26)23(38)40-24(2,3)4/h5-6,9-11,15-16H,7-8,12H2,1-4H3,(H,31,34)(H,33,37). The lowest BCUT2D eigenvalue weighted by atomic mass is 10.1. The van der Waals surface area contributed by atoms with Gasteiger partial charge < -0.3 is 25.0 Å². The normalized spacial score (nSPS) is 17.6. The number of halogens is 4. The molecule has 3 aromatic heterocycles. The van der Waals surface area contributed by atoms with E-state index in [1.165, 1.54) is 23.2 Å². The molecule has 3 aromatic rings. The van der Waals surface area contributed by atoms with Gasteiger partial charge in [-0.2, -0.15) is 17.5 Å². The molecule has 0 saturated carbocycles. The van der Waals surface area contributed by atoms with Crippen molar-refractivity contribution >= 4 is 40.0 Å². The molecular weight excluding hydrogens is 570 g/mol. The third-order valence-electron chi connectivity index (χ3n) is 5.67. The zero-order valence-electron chi connectivity index (χ0n) is 22.5. The van der Waals surface area contributed by atoms with E-state index >= 15 is 0 Å². The first-order chi connectivity index (χ1) is 19.2. The second-order valence-electron chi connectivity index (χ2n) is 10.1. The van der Waals surface area contributed by atoms with Crippen molar-refractivity contribution in [1.29, 1.82) is 0 Å². The van der Waals surface area contributed by atoms with E-state index in [1.807, 2.05) is 0 Å². The van der Waals surface area contributed by atoms with Crippen molar-refractivity contribution in [3.8, 4) is 5.88 Å². The average Bonchev–Trinajstić information content (AvgIpc) is 3.24. The maximum absolute atomic E-state index is 14.8. The Bertz CT molecular complexity index is 1380. The molecule has 1 saturated heterocycles. The summed E-state index contributed by atoms with van der Waals surface area (Å²) in [5.74, 6) is -0.410. The molecule has 2 atom stereocenters. The van der Waals surface area contributed by atoms with Crippen LogP contribution in [-0.4, -0.2) is 67.2 Å². The third kappa shape index (κ3) is 7.77. The Labute approximate surface area is 236 Å². The lowest BCUT2D eigenvalue weighted by molar-refractivity contribution is -0.141. The molecular formula is C25H27F4N7O4S. The quantitative estimate of drug-likeness (QED) is 0.360. The number of ether oxygens (including phenoxy) is 2. The van der Waals surface area contributed by atoms with Gasteiger partial charge in [0.15, 0.2) is 11.9 Å². The average molecular weight is 598 g/mol. The Morgan fingerprint density at radius 1 is 1.10 bits per heavy atom. The fourth-order valence-corrected chi connectivity index (χ4v) is 4.56. The van der Waals surface area contributed by atoms with Crippen molar-refractivity contribution in [3.05, 3.63) is 47.7 Å². The van der Waals surface area contributed by atoms with Gasteiger partial charge in [-0.1, -0.05) is 0 Å². The summed E-state index contributed by atoms with van der Waals surface area (Å²) in [6.45, 7) is 6.90. The van der Waals surface area contributed by atoms with Crippen LogP contribution in [0.1, 0.15) is 48.9 Å². The number of hydrogen-bond acceptors (Lipinski definition) is 10. The number of aryl methyl sites for hydroxylation is 1. The number of hydrogen-bond donors (Lipinski definition) is 2. The van der Waals surface area contributed by atoms with E-state index in [0.29, 0.717) is 17.6 Å². The van der Waals surface area contributed by atoms with E-state index in [2.05, 4.69) is 30.0 Å². The molecule has 4 heterocycles. The van der Waals surface area contributed by atoms with Crippen molar-refractivity contribution in [2.45, 2.75) is 58.2 Å². The summed E-state index contributed by atoms with van der Waals surface area (Å²) in [6.07, 6.45) is -4.41. The van der Waals surface area contributed by atoms with Crippen LogP contribution in [0.2, 0.25) is 0 Å². The second-order valence-corrected chi connectivity index (χ2v) is 10.9. The molecule has 0 radical (unpaired) electrons. The van der Waals surface area contributed by atoms with Gasteiger partial charge in [0.2, 0.25) is 5.88 Å². The molecule has 0 bridgehead atoms. The molecule has 11 nitrogen and oxygen atoms in total. The van der Waals surface area contributed by atoms with E-state index in [0.717, 1.165) is 17.7 Å². The van der Waals surface area contributed by atoms with E-state index in [4.69, 9.17) is 9.47 Å². The minimum atomic E-state index is -4.63. The summed E-state index contributed by atoms with van der Waals surface area (Å²) in [7, 11) is 0. The van der Waals surface area contributed by atoms with Crippen molar-refractivity contribution in [2.24, 2.45) is 0 Å². The third-order valence-corrected chi connectivity index (χ3v) is 6.53. The van der Waals surface area contributed by atoms with Crippen LogP contribution in [0.3, 0.4) is 0 Å². The Balaban J connectivity index is 1.34. The number of carbonyl (C=O) groups excluding carboxylic acids is 2. The van der Waals surface area contributed by atoms with E-state index in [-0.39, 0.29) is 41.8 Å². The van der Waals surface area contributed by atoms with Crippen LogP contribution in [-0.2, 0) is 10.9 Å². The highest BCUT2D eigenvalue weighted by molar-refractivity contribution is 7.10. The second kappa shape index (κ2) is 11.8. The largest absolute Gasteiger partial charge is 0.471 e. The van der Waals surface area contributed by atoms with Gasteiger partial charge in [-0.3, -0.25) is 4.79 Å². The highest BCUT2D eigenvalue weighted by Gasteiger charge is 2.35. The van der Waals surface area contributed by atoms with Crippen LogP contribution >= 0.6 is 11.5 Å². The molecule has 4 rings (SSSR count). The van der Waals surface area contributed by atoms with Gasteiger partial charge in [-0.05, 0) is 45.3 Å². The number of carbonyl (C=O) groups is 2. The Morgan fingerprint density at radius 3 is 2.44 bits per heavy atom. The molecule has 0 aliphatic carbocycles. The number of piperidine rings is 1. The van der Waals surface area contributed by atoms with E-state index in [1.54, 1.807) is 27.7 Å². The number of rotatable bonds is 6. The fraction of sp³-hybridized carbons (Fsp3) is 0.440. The Kier molecular flexibility index (Phi) is 8.60. The first-order valence-corrected chi connectivity index (χ1v) is 13.2. The van der Waals surface area contributed by atoms with Crippen molar-refractivity contribution in [1.82, 2.24) is 24.2 Å². The zero-order valence-corrected chi connectivity index (χ0v) is 23.3. The lowest BCUT2D eigenvalue weighted by Crippen LogP contribution is -2.50. The molecule has 1 aliphatic heterocycles. The van der Waals surface area contributed by atoms with Crippen molar-refractivity contribution in [2.75, 3.05) is 23.7 Å². The molecule has 0 aromatic carbocycles. The van der Waals surface area contributed by atoms with Gasteiger partial charge in [-0.25, -0.2) is 24.1 Å². The smallest absolute Gasteiger partial charge is 0.434 e. The maximum atomic E-state index is 14.8. The van der Waals surface area contributed by atoms with Crippen LogP contribution < -0.4 is 15.4 Å². The number of pyridine rings is 1. The molecule has 220 valence electrons. The van der Waals surface area contributed by atoms with Gasteiger partial charge in [0.25, 0.3) is 5.91 Å². The van der Waals surface area contributed by atoms with Gasteiger partial charge in [0, 0.05) is 19.0 Å². The van der Waals surface area contributed by atoms with Crippen molar-refractivity contribution in [3.63, 3.8) is 0 Å². The van der Waals surface area contributed by atoms with Gasteiger partial charge in [-0.15, -0.1) is 0 Å². The van der Waals surface area contributed by atoms with Crippen LogP contribution in [0.15, 0.2) is 30.7 Å². The predicted molar refractivity (Wildman–Crippen MR) is 141 cm³/mol.